The molecule has 0 radical (unpaired) electrons. The summed E-state index contributed by atoms with van der Waals surface area (Å²) in [6, 6.07) is 0. The van der Waals surface area contributed by atoms with E-state index in [1.165, 1.54) is 16.3 Å². The van der Waals surface area contributed by atoms with Crippen LogP contribution in [0.15, 0.2) is 16.7 Å². The lowest BCUT2D eigenvalue weighted by atomic mass is 10.3. The molecule has 1 aromatic heterocycles. The fourth-order valence-electron chi connectivity index (χ4n) is 1.06. The second kappa shape index (κ2) is 3.23. The van der Waals surface area contributed by atoms with Crippen LogP contribution in [-0.4, -0.2) is 23.1 Å². The molecule has 68 valence electrons. The van der Waals surface area contributed by atoms with Gasteiger partial charge in [0.25, 0.3) is 5.91 Å². The molecule has 1 aliphatic rings. The monoisotopic (exact) mass is 196 g/mol. The van der Waals surface area contributed by atoms with E-state index in [1.807, 2.05) is 0 Å². The van der Waals surface area contributed by atoms with E-state index >= 15 is 0 Å². The Labute approximate surface area is 78.9 Å². The van der Waals surface area contributed by atoms with E-state index in [2.05, 4.69) is 10.1 Å². The van der Waals surface area contributed by atoms with Gasteiger partial charge in [-0.25, -0.2) is 4.98 Å². The first-order valence-electron chi connectivity index (χ1n) is 3.80. The van der Waals surface area contributed by atoms with Gasteiger partial charge in [-0.2, -0.15) is 10.1 Å². The van der Waals surface area contributed by atoms with Crippen LogP contribution in [0.1, 0.15) is 6.42 Å². The molecule has 0 bridgehead atoms. The van der Waals surface area contributed by atoms with Crippen molar-refractivity contribution in [3.05, 3.63) is 11.6 Å². The van der Waals surface area contributed by atoms with Gasteiger partial charge in [0.1, 0.15) is 0 Å². The molecule has 0 unspecified atom stereocenters. The van der Waals surface area contributed by atoms with Crippen molar-refractivity contribution in [1.29, 1.82) is 0 Å². The van der Waals surface area contributed by atoms with Crippen molar-refractivity contribution in [3.63, 3.8) is 0 Å². The molecule has 2 heterocycles. The number of carbonyl (C=O) groups excluding carboxylic acids is 1. The number of hydrazone groups is 1. The summed E-state index contributed by atoms with van der Waals surface area (Å²) < 4.78 is 0. The van der Waals surface area contributed by atoms with Crippen molar-refractivity contribution in [3.8, 4) is 0 Å². The largest absolute Gasteiger partial charge is 0.325 e. The van der Waals surface area contributed by atoms with Crippen molar-refractivity contribution < 1.29 is 4.79 Å². The van der Waals surface area contributed by atoms with E-state index in [0.717, 1.165) is 0 Å². The molecule has 1 amide bonds. The average Bonchev–Trinajstić information content (AvgIpc) is 2.72. The van der Waals surface area contributed by atoms with Crippen molar-refractivity contribution in [2.24, 2.45) is 10.8 Å². The topological polar surface area (TPSA) is 71.6 Å². The van der Waals surface area contributed by atoms with Crippen LogP contribution < -0.4 is 10.7 Å². The summed E-state index contributed by atoms with van der Waals surface area (Å²) in [5.74, 6) is -0.0598. The van der Waals surface area contributed by atoms with Crippen LogP contribution in [0.2, 0.25) is 0 Å². The number of aromatic nitrogens is 1. The van der Waals surface area contributed by atoms with Gasteiger partial charge in [0.05, 0.1) is 12.1 Å². The number of anilines is 1. The maximum Gasteiger partial charge on any atom is 0.255 e. The number of rotatable bonds is 2. The van der Waals surface area contributed by atoms with Crippen molar-refractivity contribution in [1.82, 2.24) is 4.98 Å². The minimum absolute atomic E-state index is 0.0598. The quantitative estimate of drug-likeness (QED) is 0.734. The maximum absolute atomic E-state index is 11.4. The van der Waals surface area contributed by atoms with Crippen LogP contribution in [0, 0.1) is 0 Å². The third kappa shape index (κ3) is 1.45. The minimum Gasteiger partial charge on any atom is -0.325 e. The molecule has 0 aromatic carbocycles. The third-order valence-corrected chi connectivity index (χ3v) is 2.42. The van der Waals surface area contributed by atoms with Gasteiger partial charge < -0.3 is 5.73 Å². The standard InChI is InChI=1S/C7H8N4OS/c8-4-5-3-6(12)11(10-5)7-9-1-2-13-7/h1-2H,3-4,8H2. The molecule has 0 saturated heterocycles. The number of thiazole rings is 1. The second-order valence-corrected chi connectivity index (χ2v) is 3.44. The highest BCUT2D eigenvalue weighted by Crippen LogP contribution is 2.21. The molecule has 0 fully saturated rings. The zero-order valence-electron chi connectivity index (χ0n) is 6.80. The highest BCUT2D eigenvalue weighted by Gasteiger charge is 2.25. The molecule has 6 heteroatoms. The van der Waals surface area contributed by atoms with Crippen LogP contribution in [0.4, 0.5) is 5.13 Å². The van der Waals surface area contributed by atoms with Gasteiger partial charge in [-0.05, 0) is 0 Å². The molecule has 5 nitrogen and oxygen atoms in total. The lowest BCUT2D eigenvalue weighted by Crippen LogP contribution is -2.19. The molecule has 1 aliphatic heterocycles. The van der Waals surface area contributed by atoms with Gasteiger partial charge in [-0.1, -0.05) is 0 Å². The molecular formula is C7H8N4OS. The summed E-state index contributed by atoms with van der Waals surface area (Å²) in [6.07, 6.45) is 1.96. The summed E-state index contributed by atoms with van der Waals surface area (Å²) in [4.78, 5) is 15.4. The van der Waals surface area contributed by atoms with Crippen LogP contribution in [0.3, 0.4) is 0 Å². The van der Waals surface area contributed by atoms with E-state index in [-0.39, 0.29) is 5.91 Å². The molecule has 13 heavy (non-hydrogen) atoms. The van der Waals surface area contributed by atoms with Gasteiger partial charge in [0, 0.05) is 18.1 Å². The first-order chi connectivity index (χ1) is 6.31. The minimum atomic E-state index is -0.0598. The van der Waals surface area contributed by atoms with Gasteiger partial charge in [0.15, 0.2) is 0 Å². The Balaban J connectivity index is 2.26. The normalized spacial score (nSPS) is 16.5. The molecule has 2 N–H and O–H groups in total. The lowest BCUT2D eigenvalue weighted by molar-refractivity contribution is -0.116. The number of carbonyl (C=O) groups is 1. The van der Waals surface area contributed by atoms with Crippen molar-refractivity contribution >= 4 is 28.1 Å². The van der Waals surface area contributed by atoms with Crippen LogP contribution >= 0.6 is 11.3 Å². The summed E-state index contributed by atoms with van der Waals surface area (Å²) in [7, 11) is 0. The maximum atomic E-state index is 11.4. The first kappa shape index (κ1) is 8.33. The van der Waals surface area contributed by atoms with E-state index in [0.29, 0.717) is 23.8 Å². The van der Waals surface area contributed by atoms with E-state index < -0.39 is 0 Å². The summed E-state index contributed by atoms with van der Waals surface area (Å²) in [6.45, 7) is 0.327. The Bertz CT molecular complexity index is 345. The number of hydrogen-bond donors (Lipinski definition) is 1. The number of nitrogens with zero attached hydrogens (tertiary/aromatic N) is 3. The number of hydrogen-bond acceptors (Lipinski definition) is 5. The fraction of sp³-hybridized carbons (Fsp3) is 0.286. The van der Waals surface area contributed by atoms with E-state index in [1.54, 1.807) is 11.6 Å². The zero-order valence-corrected chi connectivity index (χ0v) is 7.62. The Kier molecular flexibility index (Phi) is 2.07. The molecule has 0 spiro atoms. The lowest BCUT2D eigenvalue weighted by Gasteiger charge is -2.05. The Morgan fingerprint density at radius 2 is 2.54 bits per heavy atom. The van der Waals surface area contributed by atoms with E-state index in [9.17, 15) is 4.79 Å². The predicted molar refractivity (Wildman–Crippen MR) is 50.7 cm³/mol. The molecule has 0 atom stereocenters. The van der Waals surface area contributed by atoms with Crippen LogP contribution in [-0.2, 0) is 4.79 Å². The predicted octanol–water partition coefficient (Wildman–Crippen LogP) is 0.194. The zero-order chi connectivity index (χ0) is 9.26. The fourth-order valence-corrected chi connectivity index (χ4v) is 1.67. The van der Waals surface area contributed by atoms with Gasteiger partial charge in [0.2, 0.25) is 5.13 Å². The Morgan fingerprint density at radius 1 is 1.69 bits per heavy atom. The molecule has 0 aliphatic carbocycles. The number of amides is 1. The average molecular weight is 196 g/mol. The van der Waals surface area contributed by atoms with Gasteiger partial charge >= 0.3 is 0 Å². The Morgan fingerprint density at radius 3 is 3.08 bits per heavy atom. The van der Waals surface area contributed by atoms with E-state index in [4.69, 9.17) is 5.73 Å². The third-order valence-electron chi connectivity index (χ3n) is 1.67. The van der Waals surface area contributed by atoms with Crippen molar-refractivity contribution in [2.75, 3.05) is 11.6 Å². The molecule has 2 rings (SSSR count). The highest BCUT2D eigenvalue weighted by molar-refractivity contribution is 7.13. The summed E-state index contributed by atoms with van der Waals surface area (Å²) >= 11 is 1.38. The molecule has 0 saturated carbocycles. The smallest absolute Gasteiger partial charge is 0.255 e. The molecular weight excluding hydrogens is 188 g/mol. The first-order valence-corrected chi connectivity index (χ1v) is 4.68. The SMILES string of the molecule is NCC1=NN(c2nccs2)C(=O)C1. The van der Waals surface area contributed by atoms with Gasteiger partial charge in [-0.15, -0.1) is 11.3 Å². The summed E-state index contributed by atoms with van der Waals surface area (Å²) in [5.41, 5.74) is 6.09. The highest BCUT2D eigenvalue weighted by atomic mass is 32.1. The van der Waals surface area contributed by atoms with Crippen molar-refractivity contribution in [2.45, 2.75) is 6.42 Å². The number of nitrogens with two attached hydrogens (primary N) is 1. The van der Waals surface area contributed by atoms with Gasteiger partial charge in [-0.3, -0.25) is 4.79 Å². The summed E-state index contributed by atoms with van der Waals surface area (Å²) in [5, 5.41) is 7.77. The Hall–Kier alpha value is -1.27. The molecule has 1 aromatic rings. The van der Waals surface area contributed by atoms with Crippen LogP contribution in [0.25, 0.3) is 0 Å². The second-order valence-electron chi connectivity index (χ2n) is 2.57. The van der Waals surface area contributed by atoms with Crippen LogP contribution in [0.5, 0.6) is 0 Å².